The molecule has 0 unspecified atom stereocenters. The lowest BCUT2D eigenvalue weighted by Gasteiger charge is -2.36. The van der Waals surface area contributed by atoms with Crippen LogP contribution in [0.4, 0.5) is 4.79 Å². The molecule has 9 nitrogen and oxygen atoms in total. The predicted molar refractivity (Wildman–Crippen MR) is 60.9 cm³/mol. The topological polar surface area (TPSA) is 120 Å². The van der Waals surface area contributed by atoms with E-state index in [0.717, 1.165) is 0 Å². The van der Waals surface area contributed by atoms with Crippen molar-refractivity contribution in [2.45, 2.75) is 18.4 Å². The molecule has 2 saturated heterocycles. The fraction of sp³-hybridized carbons (Fsp3) is 0.500. The van der Waals surface area contributed by atoms with Gasteiger partial charge < -0.3 is 10.2 Å². The van der Waals surface area contributed by atoms with E-state index in [-0.39, 0.29) is 17.5 Å². The third-order valence-corrected chi connectivity index (χ3v) is 3.55. The van der Waals surface area contributed by atoms with Gasteiger partial charge in [0.2, 0.25) is 0 Å². The van der Waals surface area contributed by atoms with Crippen LogP contribution in [0.5, 0.6) is 0 Å². The molecule has 3 heterocycles. The van der Waals surface area contributed by atoms with E-state index in [0.29, 0.717) is 25.9 Å². The molecule has 100 valence electrons. The number of urea groups is 1. The molecule has 1 aromatic rings. The average Bonchev–Trinajstić information content (AvgIpc) is 2.99. The Labute approximate surface area is 107 Å². The van der Waals surface area contributed by atoms with E-state index in [1.165, 1.54) is 6.20 Å². The summed E-state index contributed by atoms with van der Waals surface area (Å²) < 4.78 is 0. The molecule has 2 aliphatic rings. The van der Waals surface area contributed by atoms with E-state index in [1.807, 2.05) is 0 Å². The van der Waals surface area contributed by atoms with Crippen molar-refractivity contribution in [1.29, 1.82) is 0 Å². The Morgan fingerprint density at radius 2 is 2.05 bits per heavy atom. The molecule has 2 aliphatic heterocycles. The smallest absolute Gasteiger partial charge is 0.322 e. The summed E-state index contributed by atoms with van der Waals surface area (Å²) in [5.41, 5.74) is -0.617. The van der Waals surface area contributed by atoms with Gasteiger partial charge in [0, 0.05) is 13.1 Å². The highest BCUT2D eigenvalue weighted by molar-refractivity contribution is 6.07. The number of H-pyrrole nitrogens is 1. The summed E-state index contributed by atoms with van der Waals surface area (Å²) in [6, 6.07) is -0.471. The summed E-state index contributed by atoms with van der Waals surface area (Å²) in [6.07, 6.45) is 2.15. The van der Waals surface area contributed by atoms with Crippen molar-refractivity contribution in [1.82, 2.24) is 30.9 Å². The van der Waals surface area contributed by atoms with Gasteiger partial charge in [-0.2, -0.15) is 15.4 Å². The van der Waals surface area contributed by atoms with Gasteiger partial charge in [-0.3, -0.25) is 14.9 Å². The molecule has 3 rings (SSSR count). The van der Waals surface area contributed by atoms with Crippen LogP contribution >= 0.6 is 0 Å². The zero-order valence-corrected chi connectivity index (χ0v) is 9.97. The normalized spacial score (nSPS) is 21.4. The Morgan fingerprint density at radius 1 is 1.32 bits per heavy atom. The maximum absolute atomic E-state index is 12.0. The number of carbonyl (C=O) groups is 3. The van der Waals surface area contributed by atoms with Gasteiger partial charge in [-0.25, -0.2) is 4.79 Å². The number of nitrogens with one attached hydrogen (secondary N) is 3. The van der Waals surface area contributed by atoms with Crippen LogP contribution in [-0.2, 0) is 4.79 Å². The molecule has 0 aliphatic carbocycles. The van der Waals surface area contributed by atoms with Gasteiger partial charge in [-0.05, 0) is 12.8 Å². The maximum Gasteiger partial charge on any atom is 0.322 e. The van der Waals surface area contributed by atoms with Crippen LogP contribution in [-0.4, -0.2) is 56.8 Å². The van der Waals surface area contributed by atoms with E-state index < -0.39 is 11.6 Å². The van der Waals surface area contributed by atoms with Crippen LogP contribution in [0.2, 0.25) is 0 Å². The van der Waals surface area contributed by atoms with Crippen LogP contribution in [0.25, 0.3) is 0 Å². The number of aromatic nitrogens is 3. The summed E-state index contributed by atoms with van der Waals surface area (Å²) in [5.74, 6) is -0.542. The summed E-state index contributed by atoms with van der Waals surface area (Å²) >= 11 is 0. The lowest BCUT2D eigenvalue weighted by Crippen LogP contribution is -2.55. The van der Waals surface area contributed by atoms with E-state index in [9.17, 15) is 14.4 Å². The quantitative estimate of drug-likeness (QED) is 0.540. The standard InChI is InChI=1S/C10H12N6O3/c17-7(6-5-11-15-14-6)16-3-1-10(2-4-16)8(18)12-9(19)13-10/h5H,1-4H2,(H,11,14,15)(H2,12,13,18,19). The molecule has 1 aromatic heterocycles. The minimum Gasteiger partial charge on any atom is -0.337 e. The Balaban J connectivity index is 1.68. The summed E-state index contributed by atoms with van der Waals surface area (Å²) in [6.45, 7) is 0.777. The Morgan fingerprint density at radius 3 is 2.58 bits per heavy atom. The first-order valence-corrected chi connectivity index (χ1v) is 5.89. The van der Waals surface area contributed by atoms with Crippen molar-refractivity contribution >= 4 is 17.8 Å². The number of nitrogens with zero attached hydrogens (tertiary/aromatic N) is 3. The van der Waals surface area contributed by atoms with Crippen molar-refractivity contribution in [3.8, 4) is 0 Å². The van der Waals surface area contributed by atoms with Crippen LogP contribution in [0.15, 0.2) is 6.20 Å². The van der Waals surface area contributed by atoms with Crippen molar-refractivity contribution in [3.05, 3.63) is 11.9 Å². The number of imide groups is 1. The lowest BCUT2D eigenvalue weighted by atomic mass is 9.87. The number of likely N-dealkylation sites (tertiary alicyclic amines) is 1. The van der Waals surface area contributed by atoms with Gasteiger partial charge in [-0.1, -0.05) is 0 Å². The highest BCUT2D eigenvalue weighted by atomic mass is 16.2. The Bertz CT molecular complexity index is 531. The third kappa shape index (κ3) is 1.83. The van der Waals surface area contributed by atoms with Crippen LogP contribution in [0, 0.1) is 0 Å². The Hall–Kier alpha value is -2.45. The van der Waals surface area contributed by atoms with Crippen LogP contribution in [0.1, 0.15) is 23.3 Å². The maximum atomic E-state index is 12.0. The van der Waals surface area contributed by atoms with E-state index >= 15 is 0 Å². The minimum absolute atomic E-state index is 0.228. The number of carbonyl (C=O) groups excluding carboxylic acids is 3. The molecule has 0 atom stereocenters. The number of aromatic amines is 1. The van der Waals surface area contributed by atoms with Gasteiger partial charge >= 0.3 is 6.03 Å². The number of hydrogen-bond donors (Lipinski definition) is 3. The summed E-state index contributed by atoms with van der Waals surface area (Å²) in [4.78, 5) is 36.5. The fourth-order valence-electron chi connectivity index (χ4n) is 2.44. The third-order valence-electron chi connectivity index (χ3n) is 3.55. The highest BCUT2D eigenvalue weighted by Crippen LogP contribution is 2.25. The minimum atomic E-state index is -0.863. The lowest BCUT2D eigenvalue weighted by molar-refractivity contribution is -0.125. The van der Waals surface area contributed by atoms with Crippen LogP contribution in [0.3, 0.4) is 0 Å². The van der Waals surface area contributed by atoms with E-state index in [2.05, 4.69) is 26.0 Å². The molecular formula is C10H12N6O3. The molecule has 0 bridgehead atoms. The number of hydrogen-bond acceptors (Lipinski definition) is 5. The number of rotatable bonds is 1. The summed E-state index contributed by atoms with van der Waals surface area (Å²) in [7, 11) is 0. The number of amides is 4. The van der Waals surface area contributed by atoms with Gasteiger partial charge in [0.1, 0.15) is 5.54 Å². The second-order valence-corrected chi connectivity index (χ2v) is 4.64. The SMILES string of the molecule is O=C1NC(=O)C2(CCN(C(=O)c3cn[nH]n3)CC2)N1. The molecule has 4 amide bonds. The molecule has 0 aromatic carbocycles. The fourth-order valence-corrected chi connectivity index (χ4v) is 2.44. The first-order valence-electron chi connectivity index (χ1n) is 5.89. The zero-order valence-electron chi connectivity index (χ0n) is 9.97. The first kappa shape index (κ1) is 11.6. The average molecular weight is 264 g/mol. The molecule has 9 heteroatoms. The Kier molecular flexibility index (Phi) is 2.47. The molecule has 0 radical (unpaired) electrons. The largest absolute Gasteiger partial charge is 0.337 e. The van der Waals surface area contributed by atoms with Crippen molar-refractivity contribution in [3.63, 3.8) is 0 Å². The molecule has 19 heavy (non-hydrogen) atoms. The highest BCUT2D eigenvalue weighted by Gasteiger charge is 2.48. The van der Waals surface area contributed by atoms with E-state index in [4.69, 9.17) is 0 Å². The van der Waals surface area contributed by atoms with Crippen LogP contribution < -0.4 is 10.6 Å². The monoisotopic (exact) mass is 264 g/mol. The molecule has 0 saturated carbocycles. The molecule has 1 spiro atoms. The number of piperidine rings is 1. The van der Waals surface area contributed by atoms with Gasteiger partial charge in [0.25, 0.3) is 11.8 Å². The van der Waals surface area contributed by atoms with E-state index in [1.54, 1.807) is 4.90 Å². The second kappa shape index (κ2) is 4.04. The molecular weight excluding hydrogens is 252 g/mol. The first-order chi connectivity index (χ1) is 9.11. The van der Waals surface area contributed by atoms with Gasteiger partial charge in [-0.15, -0.1) is 0 Å². The predicted octanol–water partition coefficient (Wildman–Crippen LogP) is -1.38. The molecule has 3 N–H and O–H groups in total. The van der Waals surface area contributed by atoms with Gasteiger partial charge in [0.15, 0.2) is 5.69 Å². The van der Waals surface area contributed by atoms with Crippen molar-refractivity contribution < 1.29 is 14.4 Å². The summed E-state index contributed by atoms with van der Waals surface area (Å²) in [5, 5.41) is 14.6. The second-order valence-electron chi connectivity index (χ2n) is 4.64. The van der Waals surface area contributed by atoms with Crippen molar-refractivity contribution in [2.75, 3.05) is 13.1 Å². The van der Waals surface area contributed by atoms with Crippen molar-refractivity contribution in [2.24, 2.45) is 0 Å². The molecule has 2 fully saturated rings. The zero-order chi connectivity index (χ0) is 13.5. The van der Waals surface area contributed by atoms with Gasteiger partial charge in [0.05, 0.1) is 6.20 Å².